The van der Waals surface area contributed by atoms with Gasteiger partial charge in [-0.25, -0.2) is 0 Å². The second-order valence-electron chi connectivity index (χ2n) is 4.58. The van der Waals surface area contributed by atoms with E-state index in [1.54, 1.807) is 18.2 Å². The van der Waals surface area contributed by atoms with E-state index in [1.165, 1.54) is 0 Å². The van der Waals surface area contributed by atoms with Gasteiger partial charge in [-0.2, -0.15) is 13.2 Å². The molecule has 1 rings (SSSR count). The van der Waals surface area contributed by atoms with Gasteiger partial charge in [0.15, 0.2) is 0 Å². The Balaban J connectivity index is 2.59. The third kappa shape index (κ3) is 6.81. The Morgan fingerprint density at radius 3 is 2.58 bits per heavy atom. The minimum atomic E-state index is -4.49. The average molecular weight is 274 g/mol. The monoisotopic (exact) mass is 274 g/mol. The molecule has 1 amide bonds. The normalized spacial score (nSPS) is 11.7. The molecule has 6 heteroatoms. The number of benzene rings is 1. The van der Waals surface area contributed by atoms with Crippen molar-refractivity contribution in [3.05, 3.63) is 29.8 Å². The number of alkyl halides is 3. The Morgan fingerprint density at radius 2 is 2.00 bits per heavy atom. The number of hydrogen-bond acceptors (Lipinski definition) is 2. The summed E-state index contributed by atoms with van der Waals surface area (Å²) in [5, 5.41) is 5.43. The van der Waals surface area contributed by atoms with E-state index in [0.29, 0.717) is 18.3 Å². The van der Waals surface area contributed by atoms with Gasteiger partial charge in [-0.3, -0.25) is 4.79 Å². The van der Waals surface area contributed by atoms with Gasteiger partial charge >= 0.3 is 6.18 Å². The van der Waals surface area contributed by atoms with Crippen LogP contribution in [-0.2, 0) is 11.3 Å². The predicted molar refractivity (Wildman–Crippen MR) is 67.7 cm³/mol. The van der Waals surface area contributed by atoms with Crippen LogP contribution in [0.15, 0.2) is 24.3 Å². The van der Waals surface area contributed by atoms with Gasteiger partial charge in [0, 0.05) is 18.3 Å². The smallest absolute Gasteiger partial charge is 0.326 e. The van der Waals surface area contributed by atoms with Crippen LogP contribution in [0.4, 0.5) is 18.9 Å². The van der Waals surface area contributed by atoms with E-state index in [9.17, 15) is 18.0 Å². The summed E-state index contributed by atoms with van der Waals surface area (Å²) in [4.78, 5) is 11.2. The molecule has 0 unspecified atom stereocenters. The largest absolute Gasteiger partial charge is 0.397 e. The highest BCUT2D eigenvalue weighted by Crippen LogP contribution is 2.20. The van der Waals surface area contributed by atoms with Crippen LogP contribution in [0.5, 0.6) is 0 Å². The first-order valence-corrected chi connectivity index (χ1v) is 5.95. The first-order valence-electron chi connectivity index (χ1n) is 5.95. The summed E-state index contributed by atoms with van der Waals surface area (Å²) in [7, 11) is 0. The van der Waals surface area contributed by atoms with Crippen LogP contribution in [0, 0.1) is 0 Å². The molecule has 1 aromatic rings. The van der Waals surface area contributed by atoms with E-state index in [2.05, 4.69) is 10.6 Å². The predicted octanol–water partition coefficient (Wildman–Crippen LogP) is 3.08. The second-order valence-corrected chi connectivity index (χ2v) is 4.58. The third-order valence-corrected chi connectivity index (χ3v) is 2.29. The van der Waals surface area contributed by atoms with Crippen molar-refractivity contribution in [3.8, 4) is 0 Å². The molecule has 106 valence electrons. The third-order valence-electron chi connectivity index (χ3n) is 2.29. The lowest BCUT2D eigenvalue weighted by Gasteiger charge is -2.11. The fourth-order valence-corrected chi connectivity index (χ4v) is 1.47. The molecule has 1 aromatic carbocycles. The highest BCUT2D eigenvalue weighted by atomic mass is 19.4. The summed E-state index contributed by atoms with van der Waals surface area (Å²) in [6, 6.07) is 7.06. The van der Waals surface area contributed by atoms with E-state index in [1.807, 2.05) is 19.9 Å². The maximum Gasteiger partial charge on any atom is 0.397 e. The summed E-state index contributed by atoms with van der Waals surface area (Å²) < 4.78 is 36.1. The molecule has 0 bridgehead atoms. The molecule has 0 atom stereocenters. The summed E-state index contributed by atoms with van der Waals surface area (Å²) >= 11 is 0. The van der Waals surface area contributed by atoms with Crippen molar-refractivity contribution in [1.82, 2.24) is 5.32 Å². The molecule has 0 fully saturated rings. The van der Waals surface area contributed by atoms with Gasteiger partial charge in [0.05, 0.1) is 0 Å². The molecular weight excluding hydrogens is 257 g/mol. The summed E-state index contributed by atoms with van der Waals surface area (Å²) in [5.41, 5.74) is 1.27. The van der Waals surface area contributed by atoms with Gasteiger partial charge in [0.1, 0.15) is 6.42 Å². The standard InChI is InChI=1S/C13H17F3N2O/c1-9(2)17-8-10-4-3-5-11(6-10)18-12(19)7-13(14,15)16/h3-6,9,17H,7-8H2,1-2H3,(H,18,19). The molecule has 0 saturated carbocycles. The SMILES string of the molecule is CC(C)NCc1cccc(NC(=O)CC(F)(F)F)c1. The van der Waals surface area contributed by atoms with Crippen molar-refractivity contribution >= 4 is 11.6 Å². The Hall–Kier alpha value is -1.56. The topological polar surface area (TPSA) is 41.1 Å². The molecule has 0 saturated heterocycles. The second kappa shape index (κ2) is 6.56. The first-order chi connectivity index (χ1) is 8.76. The molecule has 0 aliphatic carbocycles. The summed E-state index contributed by atoms with van der Waals surface area (Å²) in [6.45, 7) is 4.59. The van der Waals surface area contributed by atoms with Gasteiger partial charge in [-0.1, -0.05) is 26.0 Å². The Bertz CT molecular complexity index is 430. The Labute approximate surface area is 110 Å². The van der Waals surface area contributed by atoms with Gasteiger partial charge in [0.25, 0.3) is 0 Å². The maximum atomic E-state index is 12.0. The highest BCUT2D eigenvalue weighted by Gasteiger charge is 2.31. The van der Waals surface area contributed by atoms with Crippen molar-refractivity contribution in [2.45, 2.75) is 39.0 Å². The van der Waals surface area contributed by atoms with Crippen molar-refractivity contribution in [2.75, 3.05) is 5.32 Å². The molecule has 0 aliphatic heterocycles. The lowest BCUT2D eigenvalue weighted by molar-refractivity contribution is -0.150. The van der Waals surface area contributed by atoms with Crippen LogP contribution in [0.1, 0.15) is 25.8 Å². The molecule has 0 spiro atoms. The number of anilines is 1. The minimum Gasteiger partial charge on any atom is -0.326 e. The number of nitrogens with one attached hydrogen (secondary N) is 2. The fraction of sp³-hybridized carbons (Fsp3) is 0.462. The van der Waals surface area contributed by atoms with Crippen molar-refractivity contribution in [3.63, 3.8) is 0 Å². The number of amides is 1. The Kier molecular flexibility index (Phi) is 5.35. The van der Waals surface area contributed by atoms with E-state index < -0.39 is 18.5 Å². The summed E-state index contributed by atoms with van der Waals surface area (Å²) in [6.07, 6.45) is -5.96. The number of hydrogen-bond donors (Lipinski definition) is 2. The quantitative estimate of drug-likeness (QED) is 0.866. The van der Waals surface area contributed by atoms with E-state index >= 15 is 0 Å². The number of carbonyl (C=O) groups is 1. The molecule has 0 aromatic heterocycles. The van der Waals surface area contributed by atoms with E-state index in [4.69, 9.17) is 0 Å². The first kappa shape index (κ1) is 15.5. The molecule has 0 aliphatic rings. The molecule has 2 N–H and O–H groups in total. The number of halogens is 3. The van der Waals surface area contributed by atoms with Gasteiger partial charge in [-0.15, -0.1) is 0 Å². The minimum absolute atomic E-state index is 0.309. The fourth-order valence-electron chi connectivity index (χ4n) is 1.47. The Morgan fingerprint density at radius 1 is 1.32 bits per heavy atom. The highest BCUT2D eigenvalue weighted by molar-refractivity contribution is 5.91. The summed E-state index contributed by atoms with van der Waals surface area (Å²) in [5.74, 6) is -1.05. The lowest BCUT2D eigenvalue weighted by atomic mass is 10.2. The van der Waals surface area contributed by atoms with Crippen molar-refractivity contribution in [1.29, 1.82) is 0 Å². The van der Waals surface area contributed by atoms with Gasteiger partial charge < -0.3 is 10.6 Å². The van der Waals surface area contributed by atoms with Crippen LogP contribution in [0.2, 0.25) is 0 Å². The maximum absolute atomic E-state index is 12.0. The van der Waals surface area contributed by atoms with E-state index in [0.717, 1.165) is 5.56 Å². The van der Waals surface area contributed by atoms with Crippen molar-refractivity contribution < 1.29 is 18.0 Å². The van der Waals surface area contributed by atoms with Crippen LogP contribution in [-0.4, -0.2) is 18.1 Å². The zero-order valence-corrected chi connectivity index (χ0v) is 10.8. The average Bonchev–Trinajstić information content (AvgIpc) is 2.24. The number of rotatable bonds is 5. The molecule has 0 heterocycles. The lowest BCUT2D eigenvalue weighted by Crippen LogP contribution is -2.22. The van der Waals surface area contributed by atoms with E-state index in [-0.39, 0.29) is 0 Å². The molecule has 3 nitrogen and oxygen atoms in total. The van der Waals surface area contributed by atoms with Gasteiger partial charge in [0.2, 0.25) is 5.91 Å². The zero-order valence-electron chi connectivity index (χ0n) is 10.8. The molecular formula is C13H17F3N2O. The van der Waals surface area contributed by atoms with Crippen LogP contribution < -0.4 is 10.6 Å². The number of carbonyl (C=O) groups excluding carboxylic acids is 1. The van der Waals surface area contributed by atoms with Crippen LogP contribution in [0.3, 0.4) is 0 Å². The molecule has 19 heavy (non-hydrogen) atoms. The van der Waals surface area contributed by atoms with Crippen LogP contribution in [0.25, 0.3) is 0 Å². The zero-order chi connectivity index (χ0) is 14.5. The molecule has 0 radical (unpaired) electrons. The van der Waals surface area contributed by atoms with Crippen LogP contribution >= 0.6 is 0 Å². The van der Waals surface area contributed by atoms with Crippen molar-refractivity contribution in [2.24, 2.45) is 0 Å². The van der Waals surface area contributed by atoms with Gasteiger partial charge in [-0.05, 0) is 17.7 Å².